The fraction of sp³-hybridized carbons (Fsp3) is 0.188. The van der Waals surface area contributed by atoms with Crippen LogP contribution in [-0.2, 0) is 6.42 Å². The molecule has 3 heteroatoms. The molecule has 0 aliphatic rings. The van der Waals surface area contributed by atoms with Crippen LogP contribution in [0.1, 0.15) is 18.3 Å². The number of rotatable bonds is 2. The highest BCUT2D eigenvalue weighted by Crippen LogP contribution is 2.24. The van der Waals surface area contributed by atoms with Crippen LogP contribution in [0.2, 0.25) is 0 Å². The molecule has 0 aliphatic carbocycles. The van der Waals surface area contributed by atoms with Crippen LogP contribution in [0.25, 0.3) is 16.7 Å². The van der Waals surface area contributed by atoms with E-state index in [-0.39, 0.29) is 0 Å². The molecule has 0 amide bonds. The number of nitrogens with two attached hydrogens (primary N) is 1. The summed E-state index contributed by atoms with van der Waals surface area (Å²) in [5.74, 6) is 1.06. The lowest BCUT2D eigenvalue weighted by Crippen LogP contribution is -2.00. The van der Waals surface area contributed by atoms with Gasteiger partial charge in [-0.3, -0.25) is 4.57 Å². The van der Waals surface area contributed by atoms with E-state index >= 15 is 0 Å². The minimum atomic E-state index is 0.754. The molecule has 0 fully saturated rings. The van der Waals surface area contributed by atoms with Gasteiger partial charge in [0, 0.05) is 17.8 Å². The average Bonchev–Trinajstić information content (AvgIpc) is 2.76. The molecule has 0 atom stereocenters. The van der Waals surface area contributed by atoms with Gasteiger partial charge in [-0.2, -0.15) is 0 Å². The molecule has 2 aromatic carbocycles. The standard InChI is InChI=1S/C16H17N3/c1-3-16-18-14-10-12(17)7-8-15(14)19(16)13-6-4-5-11(2)9-13/h4-10H,3,17H2,1-2H3. The Morgan fingerprint density at radius 2 is 2.00 bits per heavy atom. The fourth-order valence-corrected chi connectivity index (χ4v) is 2.44. The second-order valence-electron chi connectivity index (χ2n) is 4.80. The molecule has 19 heavy (non-hydrogen) atoms. The number of aryl methyl sites for hydroxylation is 2. The van der Waals surface area contributed by atoms with Crippen LogP contribution in [0.5, 0.6) is 0 Å². The summed E-state index contributed by atoms with van der Waals surface area (Å²) in [6.45, 7) is 4.23. The van der Waals surface area contributed by atoms with Gasteiger partial charge in [0.15, 0.2) is 0 Å². The Balaban J connectivity index is 2.32. The van der Waals surface area contributed by atoms with Gasteiger partial charge in [-0.05, 0) is 42.8 Å². The van der Waals surface area contributed by atoms with Gasteiger partial charge in [0.2, 0.25) is 0 Å². The summed E-state index contributed by atoms with van der Waals surface area (Å²) in [4.78, 5) is 4.68. The van der Waals surface area contributed by atoms with Crippen molar-refractivity contribution in [1.29, 1.82) is 0 Å². The molecule has 0 aliphatic heterocycles. The van der Waals surface area contributed by atoms with E-state index in [0.717, 1.165) is 34.7 Å². The summed E-state index contributed by atoms with van der Waals surface area (Å²) >= 11 is 0. The zero-order valence-electron chi connectivity index (χ0n) is 11.2. The Kier molecular flexibility index (Phi) is 2.75. The van der Waals surface area contributed by atoms with E-state index in [4.69, 9.17) is 5.73 Å². The largest absolute Gasteiger partial charge is 0.399 e. The van der Waals surface area contributed by atoms with Crippen LogP contribution in [0, 0.1) is 6.92 Å². The molecule has 3 aromatic rings. The molecule has 0 radical (unpaired) electrons. The molecule has 1 heterocycles. The van der Waals surface area contributed by atoms with Gasteiger partial charge in [-0.15, -0.1) is 0 Å². The van der Waals surface area contributed by atoms with Crippen molar-refractivity contribution in [3.8, 4) is 5.69 Å². The van der Waals surface area contributed by atoms with Crippen molar-refractivity contribution in [2.45, 2.75) is 20.3 Å². The number of anilines is 1. The highest BCUT2D eigenvalue weighted by atomic mass is 15.1. The number of aromatic nitrogens is 2. The summed E-state index contributed by atoms with van der Waals surface area (Å²) in [6.07, 6.45) is 0.891. The van der Waals surface area contributed by atoms with Gasteiger partial charge in [0.25, 0.3) is 0 Å². The maximum Gasteiger partial charge on any atom is 0.114 e. The third-order valence-electron chi connectivity index (χ3n) is 3.32. The quantitative estimate of drug-likeness (QED) is 0.709. The molecule has 0 bridgehead atoms. The average molecular weight is 251 g/mol. The van der Waals surface area contributed by atoms with Gasteiger partial charge >= 0.3 is 0 Å². The highest BCUT2D eigenvalue weighted by molar-refractivity contribution is 5.81. The predicted molar refractivity (Wildman–Crippen MR) is 79.6 cm³/mol. The van der Waals surface area contributed by atoms with Gasteiger partial charge in [-0.25, -0.2) is 4.98 Å². The Morgan fingerprint density at radius 1 is 1.16 bits per heavy atom. The van der Waals surface area contributed by atoms with Crippen molar-refractivity contribution in [3.63, 3.8) is 0 Å². The number of imidazole rings is 1. The molecule has 3 rings (SSSR count). The molecular formula is C16H17N3. The van der Waals surface area contributed by atoms with Crippen molar-refractivity contribution in [2.75, 3.05) is 5.73 Å². The minimum Gasteiger partial charge on any atom is -0.399 e. The van der Waals surface area contributed by atoms with Crippen molar-refractivity contribution >= 4 is 16.7 Å². The Labute approximate surface area is 112 Å². The number of nitrogen functional groups attached to an aromatic ring is 1. The first-order valence-electron chi connectivity index (χ1n) is 6.53. The van der Waals surface area contributed by atoms with Gasteiger partial charge in [0.1, 0.15) is 5.82 Å². The van der Waals surface area contributed by atoms with E-state index in [9.17, 15) is 0 Å². The topological polar surface area (TPSA) is 43.8 Å². The second-order valence-corrected chi connectivity index (χ2v) is 4.80. The van der Waals surface area contributed by atoms with Gasteiger partial charge in [-0.1, -0.05) is 19.1 Å². The summed E-state index contributed by atoms with van der Waals surface area (Å²) in [5, 5.41) is 0. The van der Waals surface area contributed by atoms with E-state index in [1.54, 1.807) is 0 Å². The van der Waals surface area contributed by atoms with E-state index < -0.39 is 0 Å². The lowest BCUT2D eigenvalue weighted by atomic mass is 10.2. The van der Waals surface area contributed by atoms with E-state index in [1.807, 2.05) is 18.2 Å². The zero-order valence-corrected chi connectivity index (χ0v) is 11.2. The molecule has 3 nitrogen and oxygen atoms in total. The third-order valence-corrected chi connectivity index (χ3v) is 3.32. The van der Waals surface area contributed by atoms with Crippen molar-refractivity contribution < 1.29 is 0 Å². The van der Waals surface area contributed by atoms with E-state index in [0.29, 0.717) is 0 Å². The second kappa shape index (κ2) is 4.43. The summed E-state index contributed by atoms with van der Waals surface area (Å²) < 4.78 is 2.21. The lowest BCUT2D eigenvalue weighted by Gasteiger charge is -2.09. The molecule has 0 saturated heterocycles. The number of benzene rings is 2. The van der Waals surface area contributed by atoms with Crippen molar-refractivity contribution in [2.24, 2.45) is 0 Å². The first kappa shape index (κ1) is 11.8. The molecule has 2 N–H and O–H groups in total. The van der Waals surface area contributed by atoms with E-state index in [1.165, 1.54) is 5.56 Å². The molecule has 0 unspecified atom stereocenters. The smallest absolute Gasteiger partial charge is 0.114 e. The van der Waals surface area contributed by atoms with Crippen LogP contribution in [0.15, 0.2) is 42.5 Å². The van der Waals surface area contributed by atoms with Gasteiger partial charge < -0.3 is 5.73 Å². The molecule has 1 aromatic heterocycles. The normalized spacial score (nSPS) is 11.1. The monoisotopic (exact) mass is 251 g/mol. The fourth-order valence-electron chi connectivity index (χ4n) is 2.44. The number of fused-ring (bicyclic) bond motifs is 1. The van der Waals surface area contributed by atoms with Crippen molar-refractivity contribution in [1.82, 2.24) is 9.55 Å². The molecule has 0 saturated carbocycles. The number of hydrogen-bond donors (Lipinski definition) is 1. The highest BCUT2D eigenvalue weighted by Gasteiger charge is 2.11. The molecule has 96 valence electrons. The minimum absolute atomic E-state index is 0.754. The van der Waals surface area contributed by atoms with Crippen molar-refractivity contribution in [3.05, 3.63) is 53.9 Å². The zero-order chi connectivity index (χ0) is 13.4. The summed E-state index contributed by atoms with van der Waals surface area (Å²) in [5.41, 5.74) is 11.1. The van der Waals surface area contributed by atoms with Crippen LogP contribution in [0.4, 0.5) is 5.69 Å². The first-order valence-corrected chi connectivity index (χ1v) is 6.53. The Hall–Kier alpha value is -2.29. The summed E-state index contributed by atoms with van der Waals surface area (Å²) in [7, 11) is 0. The summed E-state index contributed by atoms with van der Waals surface area (Å²) in [6, 6.07) is 14.4. The Bertz CT molecular complexity index is 741. The van der Waals surface area contributed by atoms with Crippen LogP contribution in [0.3, 0.4) is 0 Å². The Morgan fingerprint density at radius 3 is 2.74 bits per heavy atom. The first-order chi connectivity index (χ1) is 9.19. The van der Waals surface area contributed by atoms with E-state index in [2.05, 4.69) is 47.7 Å². The SMILES string of the molecule is CCc1nc2cc(N)ccc2n1-c1cccc(C)c1. The predicted octanol–water partition coefficient (Wildman–Crippen LogP) is 3.48. The van der Waals surface area contributed by atoms with Crippen LogP contribution >= 0.6 is 0 Å². The van der Waals surface area contributed by atoms with Crippen LogP contribution in [-0.4, -0.2) is 9.55 Å². The maximum atomic E-state index is 5.84. The van der Waals surface area contributed by atoms with Gasteiger partial charge in [0.05, 0.1) is 11.0 Å². The lowest BCUT2D eigenvalue weighted by molar-refractivity contribution is 0.907. The third kappa shape index (κ3) is 1.97. The molecular weight excluding hydrogens is 234 g/mol. The van der Waals surface area contributed by atoms with Crippen LogP contribution < -0.4 is 5.73 Å². The maximum absolute atomic E-state index is 5.84. The number of nitrogens with zero attached hydrogens (tertiary/aromatic N) is 2. The molecule has 0 spiro atoms. The number of hydrogen-bond acceptors (Lipinski definition) is 2.